The Bertz CT molecular complexity index is 642. The minimum Gasteiger partial charge on any atom is -0.308 e. The van der Waals surface area contributed by atoms with Crippen molar-refractivity contribution >= 4 is 50.1 Å². The van der Waals surface area contributed by atoms with Crippen molar-refractivity contribution in [1.29, 1.82) is 0 Å². The molecule has 0 aliphatic carbocycles. The molecule has 20 heavy (non-hydrogen) atoms. The van der Waals surface area contributed by atoms with Gasteiger partial charge in [0.25, 0.3) is 5.91 Å². The highest BCUT2D eigenvalue weighted by Gasteiger charge is 2.19. The van der Waals surface area contributed by atoms with Crippen molar-refractivity contribution in [2.45, 2.75) is 13.8 Å². The molecule has 2 aromatic rings. The number of amides is 1. The van der Waals surface area contributed by atoms with E-state index in [9.17, 15) is 4.79 Å². The summed E-state index contributed by atoms with van der Waals surface area (Å²) in [6.45, 7) is 4.66. The highest BCUT2D eigenvalue weighted by molar-refractivity contribution is 14.1. The second kappa shape index (κ2) is 6.72. The summed E-state index contributed by atoms with van der Waals surface area (Å²) in [5, 5.41) is 0. The zero-order valence-electron chi connectivity index (χ0n) is 11.4. The van der Waals surface area contributed by atoms with Gasteiger partial charge in [-0.15, -0.1) is 0 Å². The number of para-hydroxylation sites is 1. The molecule has 0 saturated heterocycles. The number of rotatable bonds is 3. The van der Waals surface area contributed by atoms with Crippen LogP contribution in [0.2, 0.25) is 0 Å². The van der Waals surface area contributed by atoms with E-state index in [0.717, 1.165) is 19.3 Å². The van der Waals surface area contributed by atoms with Gasteiger partial charge in [0.15, 0.2) is 0 Å². The van der Waals surface area contributed by atoms with Gasteiger partial charge in [-0.2, -0.15) is 0 Å². The molecule has 0 bridgehead atoms. The number of anilines is 1. The number of carbonyl (C=O) groups is 1. The first-order chi connectivity index (χ1) is 9.54. The number of aryl methyl sites for hydroxylation is 1. The molecule has 0 aromatic heterocycles. The fourth-order valence-corrected chi connectivity index (χ4v) is 3.00. The van der Waals surface area contributed by atoms with Gasteiger partial charge in [0, 0.05) is 20.3 Å². The maximum absolute atomic E-state index is 12.8. The van der Waals surface area contributed by atoms with E-state index in [2.05, 4.69) is 38.5 Å². The minimum absolute atomic E-state index is 0.0205. The van der Waals surface area contributed by atoms with Crippen LogP contribution in [-0.2, 0) is 0 Å². The lowest BCUT2D eigenvalue weighted by molar-refractivity contribution is 0.0987. The fraction of sp³-hybridized carbons (Fsp3) is 0.188. The molecule has 0 unspecified atom stereocenters. The third-order valence-corrected chi connectivity index (χ3v) is 4.49. The quantitative estimate of drug-likeness (QED) is 0.609. The topological polar surface area (TPSA) is 20.3 Å². The monoisotopic (exact) mass is 443 g/mol. The zero-order valence-corrected chi connectivity index (χ0v) is 15.1. The summed E-state index contributed by atoms with van der Waals surface area (Å²) in [5.41, 5.74) is 2.76. The molecule has 104 valence electrons. The molecule has 0 aliphatic heterocycles. The molecule has 2 aromatic carbocycles. The lowest BCUT2D eigenvalue weighted by atomic mass is 10.1. The second-order valence-electron chi connectivity index (χ2n) is 4.46. The molecule has 1 amide bonds. The Labute approximate surface area is 141 Å². The average Bonchev–Trinajstić information content (AvgIpc) is 2.44. The van der Waals surface area contributed by atoms with E-state index in [4.69, 9.17) is 0 Å². The lowest BCUT2D eigenvalue weighted by Crippen LogP contribution is -2.31. The third-order valence-electron chi connectivity index (χ3n) is 3.13. The van der Waals surface area contributed by atoms with Crippen LogP contribution in [0.3, 0.4) is 0 Å². The molecule has 2 nitrogen and oxygen atoms in total. The molecule has 0 atom stereocenters. The van der Waals surface area contributed by atoms with Crippen LogP contribution in [-0.4, -0.2) is 12.5 Å². The second-order valence-corrected chi connectivity index (χ2v) is 6.56. The molecular formula is C16H15BrINO. The molecule has 4 heteroatoms. The third kappa shape index (κ3) is 3.23. The van der Waals surface area contributed by atoms with Crippen molar-refractivity contribution in [3.8, 4) is 0 Å². The van der Waals surface area contributed by atoms with Crippen LogP contribution >= 0.6 is 38.5 Å². The van der Waals surface area contributed by atoms with Gasteiger partial charge in [-0.05, 0) is 82.2 Å². The molecule has 0 radical (unpaired) electrons. The highest BCUT2D eigenvalue weighted by Crippen LogP contribution is 2.25. The van der Waals surface area contributed by atoms with Gasteiger partial charge in [-0.3, -0.25) is 4.79 Å². The predicted molar refractivity (Wildman–Crippen MR) is 95.4 cm³/mol. The van der Waals surface area contributed by atoms with Crippen molar-refractivity contribution in [2.75, 3.05) is 11.4 Å². The number of halogens is 2. The van der Waals surface area contributed by atoms with Gasteiger partial charge in [0.2, 0.25) is 0 Å². The lowest BCUT2D eigenvalue weighted by Gasteiger charge is -2.23. The van der Waals surface area contributed by atoms with Crippen molar-refractivity contribution in [3.05, 3.63) is 61.6 Å². The smallest absolute Gasteiger partial charge is 0.259 e. The van der Waals surface area contributed by atoms with E-state index in [0.29, 0.717) is 12.1 Å². The van der Waals surface area contributed by atoms with Crippen molar-refractivity contribution in [1.82, 2.24) is 0 Å². The first kappa shape index (κ1) is 15.5. The van der Waals surface area contributed by atoms with E-state index in [1.807, 2.05) is 61.2 Å². The van der Waals surface area contributed by atoms with E-state index < -0.39 is 0 Å². The fourth-order valence-electron chi connectivity index (χ4n) is 2.10. The van der Waals surface area contributed by atoms with Crippen molar-refractivity contribution in [2.24, 2.45) is 0 Å². The van der Waals surface area contributed by atoms with Gasteiger partial charge >= 0.3 is 0 Å². The molecule has 0 fully saturated rings. The highest BCUT2D eigenvalue weighted by atomic mass is 127. The Morgan fingerprint density at radius 1 is 1.25 bits per heavy atom. The average molecular weight is 444 g/mol. The van der Waals surface area contributed by atoms with E-state index >= 15 is 0 Å². The Kier molecular flexibility index (Phi) is 5.21. The first-order valence-electron chi connectivity index (χ1n) is 6.37. The molecule has 2 rings (SSSR count). The molecule has 0 N–H and O–H groups in total. The molecule has 0 spiro atoms. The van der Waals surface area contributed by atoms with E-state index in [-0.39, 0.29) is 5.91 Å². The largest absolute Gasteiger partial charge is 0.308 e. The van der Waals surface area contributed by atoms with E-state index in [1.165, 1.54) is 0 Å². The van der Waals surface area contributed by atoms with Crippen LogP contribution in [0.1, 0.15) is 22.8 Å². The normalized spacial score (nSPS) is 10.4. The SMILES string of the molecule is CCN(C(=O)c1cc(I)ccc1Br)c1ccccc1C. The standard InChI is InChI=1S/C16H15BrINO/c1-3-19(15-7-5-4-6-11(15)2)16(20)13-10-12(18)8-9-14(13)17/h4-10H,3H2,1-2H3. The number of nitrogens with zero attached hydrogens (tertiary/aromatic N) is 1. The van der Waals surface area contributed by atoms with Crippen molar-refractivity contribution < 1.29 is 4.79 Å². The summed E-state index contributed by atoms with van der Waals surface area (Å²) in [7, 11) is 0. The Morgan fingerprint density at radius 2 is 1.95 bits per heavy atom. The van der Waals surface area contributed by atoms with Crippen LogP contribution in [0.5, 0.6) is 0 Å². The van der Waals surface area contributed by atoms with Gasteiger partial charge in [0.05, 0.1) is 5.56 Å². The molecule has 0 heterocycles. The van der Waals surface area contributed by atoms with Crippen LogP contribution in [0.25, 0.3) is 0 Å². The maximum Gasteiger partial charge on any atom is 0.259 e. The van der Waals surface area contributed by atoms with Crippen LogP contribution in [0.4, 0.5) is 5.69 Å². The summed E-state index contributed by atoms with van der Waals surface area (Å²) < 4.78 is 1.88. The van der Waals surface area contributed by atoms with Gasteiger partial charge in [-0.25, -0.2) is 0 Å². The first-order valence-corrected chi connectivity index (χ1v) is 8.24. The summed E-state index contributed by atoms with van der Waals surface area (Å²) in [5.74, 6) is 0.0205. The van der Waals surface area contributed by atoms with E-state index in [1.54, 1.807) is 0 Å². The molecular weight excluding hydrogens is 429 g/mol. The summed E-state index contributed by atoms with van der Waals surface area (Å²) >= 11 is 5.69. The summed E-state index contributed by atoms with van der Waals surface area (Å²) in [6.07, 6.45) is 0. The van der Waals surface area contributed by atoms with Crippen LogP contribution in [0.15, 0.2) is 46.9 Å². The van der Waals surface area contributed by atoms with Crippen molar-refractivity contribution in [3.63, 3.8) is 0 Å². The Balaban J connectivity index is 2.45. The summed E-state index contributed by atoms with van der Waals surface area (Å²) in [6, 6.07) is 13.8. The number of carbonyl (C=O) groups excluding carboxylic acids is 1. The Hall–Kier alpha value is -0.880. The van der Waals surface area contributed by atoms with Crippen LogP contribution in [0, 0.1) is 10.5 Å². The minimum atomic E-state index is 0.0205. The molecule has 0 saturated carbocycles. The van der Waals surface area contributed by atoms with Gasteiger partial charge in [0.1, 0.15) is 0 Å². The Morgan fingerprint density at radius 3 is 2.60 bits per heavy atom. The van der Waals surface area contributed by atoms with Gasteiger partial charge in [-0.1, -0.05) is 18.2 Å². The number of hydrogen-bond donors (Lipinski definition) is 0. The maximum atomic E-state index is 12.8. The number of hydrogen-bond acceptors (Lipinski definition) is 1. The molecule has 0 aliphatic rings. The van der Waals surface area contributed by atoms with Gasteiger partial charge < -0.3 is 4.90 Å². The predicted octanol–water partition coefficient (Wildman–Crippen LogP) is 5.03. The number of benzene rings is 2. The zero-order chi connectivity index (χ0) is 14.7. The summed E-state index contributed by atoms with van der Waals surface area (Å²) in [4.78, 5) is 14.6. The van der Waals surface area contributed by atoms with Crippen LogP contribution < -0.4 is 4.90 Å².